The van der Waals surface area contributed by atoms with E-state index < -0.39 is 26.8 Å². The number of aromatic hydroxyl groups is 1. The zero-order valence-corrected chi connectivity index (χ0v) is 10.2. The maximum atomic E-state index is 13.0. The molecule has 7 heteroatoms. The van der Waals surface area contributed by atoms with Crippen molar-refractivity contribution in [1.29, 1.82) is 0 Å². The van der Waals surface area contributed by atoms with Crippen LogP contribution in [0.25, 0.3) is 0 Å². The van der Waals surface area contributed by atoms with Crippen LogP contribution in [0.4, 0.5) is 10.1 Å². The third-order valence-corrected chi connectivity index (χ3v) is 3.93. The van der Waals surface area contributed by atoms with Gasteiger partial charge in [-0.2, -0.15) is 0 Å². The number of sulfonamides is 1. The SMILES string of the molecule is CC(C)S(=O)(=O)Nc1cc(F)cc(Cl)c1O. The van der Waals surface area contributed by atoms with Gasteiger partial charge >= 0.3 is 0 Å². The second-order valence-electron chi connectivity index (χ2n) is 3.48. The lowest BCUT2D eigenvalue weighted by Crippen LogP contribution is -2.22. The number of phenolic OH excluding ortho intramolecular Hbond substituents is 1. The fourth-order valence-electron chi connectivity index (χ4n) is 0.915. The molecule has 0 aliphatic carbocycles. The standard InChI is InChI=1S/C9H11ClFNO3S/c1-5(2)16(14,15)12-8-4-6(11)3-7(10)9(8)13/h3-5,12-13H,1-2H3. The fourth-order valence-corrected chi connectivity index (χ4v) is 1.82. The Hall–Kier alpha value is -1.01. The molecule has 4 nitrogen and oxygen atoms in total. The van der Waals surface area contributed by atoms with Gasteiger partial charge in [0.2, 0.25) is 10.0 Å². The van der Waals surface area contributed by atoms with Gasteiger partial charge < -0.3 is 5.11 Å². The molecule has 2 N–H and O–H groups in total. The summed E-state index contributed by atoms with van der Waals surface area (Å²) in [6.07, 6.45) is 0. The van der Waals surface area contributed by atoms with Gasteiger partial charge in [-0.05, 0) is 19.9 Å². The van der Waals surface area contributed by atoms with Crippen LogP contribution < -0.4 is 4.72 Å². The predicted molar refractivity (Wildman–Crippen MR) is 60.8 cm³/mol. The van der Waals surface area contributed by atoms with Crippen molar-refractivity contribution in [2.75, 3.05) is 4.72 Å². The third kappa shape index (κ3) is 2.76. The number of nitrogens with one attached hydrogen (secondary N) is 1. The van der Waals surface area contributed by atoms with Crippen LogP contribution >= 0.6 is 11.6 Å². The van der Waals surface area contributed by atoms with Crippen molar-refractivity contribution in [3.8, 4) is 5.75 Å². The minimum absolute atomic E-state index is 0.249. The van der Waals surface area contributed by atoms with Gasteiger partial charge in [0.1, 0.15) is 5.82 Å². The van der Waals surface area contributed by atoms with E-state index >= 15 is 0 Å². The number of phenols is 1. The second-order valence-corrected chi connectivity index (χ2v) is 6.12. The van der Waals surface area contributed by atoms with Gasteiger partial charge in [0.15, 0.2) is 5.75 Å². The summed E-state index contributed by atoms with van der Waals surface area (Å²) in [4.78, 5) is 0. The van der Waals surface area contributed by atoms with Gasteiger partial charge in [-0.3, -0.25) is 4.72 Å². The van der Waals surface area contributed by atoms with Gasteiger partial charge in [-0.15, -0.1) is 0 Å². The highest BCUT2D eigenvalue weighted by Gasteiger charge is 2.19. The maximum Gasteiger partial charge on any atom is 0.235 e. The number of benzene rings is 1. The Kier molecular flexibility index (Phi) is 3.64. The van der Waals surface area contributed by atoms with E-state index in [1.54, 1.807) is 0 Å². The van der Waals surface area contributed by atoms with Crippen molar-refractivity contribution in [1.82, 2.24) is 0 Å². The van der Waals surface area contributed by atoms with E-state index in [0.29, 0.717) is 0 Å². The molecule has 1 aromatic rings. The molecule has 1 rings (SSSR count). The molecule has 0 atom stereocenters. The van der Waals surface area contributed by atoms with Crippen molar-refractivity contribution < 1.29 is 17.9 Å². The van der Waals surface area contributed by atoms with Crippen molar-refractivity contribution in [2.24, 2.45) is 0 Å². The van der Waals surface area contributed by atoms with Gasteiger partial charge in [0.05, 0.1) is 16.0 Å². The fraction of sp³-hybridized carbons (Fsp3) is 0.333. The first-order chi connectivity index (χ1) is 7.24. The van der Waals surface area contributed by atoms with Crippen LogP contribution in [0.5, 0.6) is 5.75 Å². The number of hydrogen-bond donors (Lipinski definition) is 2. The molecule has 0 bridgehead atoms. The van der Waals surface area contributed by atoms with Crippen LogP contribution in [0.1, 0.15) is 13.8 Å². The largest absolute Gasteiger partial charge is 0.504 e. The van der Waals surface area contributed by atoms with Crippen LogP contribution in [0, 0.1) is 5.82 Å². The summed E-state index contributed by atoms with van der Waals surface area (Å²) in [6.45, 7) is 2.92. The highest BCUT2D eigenvalue weighted by molar-refractivity contribution is 7.93. The Labute approximate surface area is 98.1 Å². The number of anilines is 1. The first kappa shape index (κ1) is 13.1. The molecule has 0 saturated carbocycles. The molecule has 0 fully saturated rings. The summed E-state index contributed by atoms with van der Waals surface area (Å²) in [7, 11) is -3.64. The summed E-state index contributed by atoms with van der Waals surface area (Å²) < 4.78 is 38.0. The van der Waals surface area contributed by atoms with Crippen LogP contribution in [0.15, 0.2) is 12.1 Å². The predicted octanol–water partition coefficient (Wildman–Crippen LogP) is 2.33. The molecule has 0 radical (unpaired) electrons. The van der Waals surface area contributed by atoms with Gasteiger partial charge in [0, 0.05) is 6.07 Å². The van der Waals surface area contributed by atoms with E-state index in [-0.39, 0.29) is 10.7 Å². The molecule has 0 unspecified atom stereocenters. The average Bonchev–Trinajstić information content (AvgIpc) is 2.12. The van der Waals surface area contributed by atoms with E-state index in [2.05, 4.69) is 4.72 Å². The lowest BCUT2D eigenvalue weighted by atomic mass is 10.3. The minimum Gasteiger partial charge on any atom is -0.504 e. The maximum absolute atomic E-state index is 13.0. The molecule has 90 valence electrons. The smallest absolute Gasteiger partial charge is 0.235 e. The Morgan fingerprint density at radius 2 is 2.00 bits per heavy atom. The summed E-state index contributed by atoms with van der Waals surface area (Å²) in [5.41, 5.74) is -0.265. The Morgan fingerprint density at radius 1 is 1.44 bits per heavy atom. The van der Waals surface area contributed by atoms with E-state index in [0.717, 1.165) is 12.1 Å². The molecule has 0 aromatic heterocycles. The molecular formula is C9H11ClFNO3S. The van der Waals surface area contributed by atoms with Gasteiger partial charge in [-0.1, -0.05) is 11.6 Å². The van der Waals surface area contributed by atoms with Crippen LogP contribution in [0.3, 0.4) is 0 Å². The quantitative estimate of drug-likeness (QED) is 0.826. The zero-order valence-electron chi connectivity index (χ0n) is 8.66. The van der Waals surface area contributed by atoms with Crippen molar-refractivity contribution in [2.45, 2.75) is 19.1 Å². The van der Waals surface area contributed by atoms with E-state index in [1.807, 2.05) is 0 Å². The van der Waals surface area contributed by atoms with Crippen LogP contribution in [0.2, 0.25) is 5.02 Å². The van der Waals surface area contributed by atoms with Crippen LogP contribution in [-0.4, -0.2) is 18.8 Å². The molecular weight excluding hydrogens is 257 g/mol. The van der Waals surface area contributed by atoms with Crippen molar-refractivity contribution >= 4 is 27.3 Å². The average molecular weight is 268 g/mol. The molecule has 16 heavy (non-hydrogen) atoms. The van der Waals surface area contributed by atoms with E-state index in [4.69, 9.17) is 11.6 Å². The monoisotopic (exact) mass is 267 g/mol. The molecule has 0 heterocycles. The number of hydrogen-bond acceptors (Lipinski definition) is 3. The van der Waals surface area contributed by atoms with Gasteiger partial charge in [0.25, 0.3) is 0 Å². The highest BCUT2D eigenvalue weighted by Crippen LogP contribution is 2.33. The van der Waals surface area contributed by atoms with Crippen molar-refractivity contribution in [3.05, 3.63) is 23.0 Å². The molecule has 0 aliphatic heterocycles. The summed E-state index contributed by atoms with van der Waals surface area (Å²) in [5.74, 6) is -1.23. The number of halogens is 2. The first-order valence-corrected chi connectivity index (χ1v) is 6.36. The topological polar surface area (TPSA) is 66.4 Å². The Balaban J connectivity index is 3.17. The molecule has 0 amide bonds. The minimum atomic E-state index is -3.64. The Morgan fingerprint density at radius 3 is 2.50 bits per heavy atom. The summed E-state index contributed by atoms with van der Waals surface area (Å²) in [5, 5.41) is 8.49. The normalized spacial score (nSPS) is 11.8. The Bertz CT molecular complexity index is 502. The van der Waals surface area contributed by atoms with Crippen molar-refractivity contribution in [3.63, 3.8) is 0 Å². The van der Waals surface area contributed by atoms with E-state index in [1.165, 1.54) is 13.8 Å². The highest BCUT2D eigenvalue weighted by atomic mass is 35.5. The van der Waals surface area contributed by atoms with Gasteiger partial charge in [-0.25, -0.2) is 12.8 Å². The summed E-state index contributed by atoms with van der Waals surface area (Å²) >= 11 is 5.50. The number of rotatable bonds is 3. The second kappa shape index (κ2) is 4.47. The third-order valence-electron chi connectivity index (χ3n) is 1.90. The lowest BCUT2D eigenvalue weighted by molar-refractivity contribution is 0.476. The molecule has 0 spiro atoms. The molecule has 0 saturated heterocycles. The van der Waals surface area contributed by atoms with Crippen LogP contribution in [-0.2, 0) is 10.0 Å². The van der Waals surface area contributed by atoms with E-state index in [9.17, 15) is 17.9 Å². The molecule has 0 aliphatic rings. The summed E-state index contributed by atoms with van der Waals surface area (Å²) in [6, 6.07) is 1.76. The molecule has 1 aromatic carbocycles. The zero-order chi connectivity index (χ0) is 12.5. The first-order valence-electron chi connectivity index (χ1n) is 4.43. The lowest BCUT2D eigenvalue weighted by Gasteiger charge is -2.12.